The number of hydrogen-bond donors (Lipinski definition) is 3. The molecule has 4 N–H and O–H groups in total. The standard InChI is InChI=1S/C12H13BrN4O3S/c1-20-11-3-2-8(13)6-10(11)17-21(18,19)9-4-5-15-12(7-9)16-14/h2-7,17H,14H2,1H3,(H,15,16). The zero-order valence-corrected chi connectivity index (χ0v) is 13.4. The van der Waals surface area contributed by atoms with Crippen molar-refractivity contribution in [3.63, 3.8) is 0 Å². The summed E-state index contributed by atoms with van der Waals surface area (Å²) in [7, 11) is -2.32. The van der Waals surface area contributed by atoms with Gasteiger partial charge in [-0.15, -0.1) is 0 Å². The Kier molecular flexibility index (Phi) is 4.66. The molecule has 0 fully saturated rings. The lowest BCUT2D eigenvalue weighted by molar-refractivity contribution is 0.417. The molecule has 0 aliphatic carbocycles. The van der Waals surface area contributed by atoms with Crippen molar-refractivity contribution in [2.24, 2.45) is 5.84 Å². The van der Waals surface area contributed by atoms with Gasteiger partial charge in [-0.2, -0.15) is 0 Å². The lowest BCUT2D eigenvalue weighted by Gasteiger charge is -2.12. The van der Waals surface area contributed by atoms with E-state index in [9.17, 15) is 8.42 Å². The van der Waals surface area contributed by atoms with Crippen molar-refractivity contribution in [1.82, 2.24) is 4.98 Å². The van der Waals surface area contributed by atoms with Gasteiger partial charge in [-0.05, 0) is 24.3 Å². The Morgan fingerprint density at radius 3 is 2.71 bits per heavy atom. The maximum atomic E-state index is 12.4. The van der Waals surface area contributed by atoms with Gasteiger partial charge in [0.05, 0.1) is 17.7 Å². The second-order valence-corrected chi connectivity index (χ2v) is 6.57. The number of sulfonamides is 1. The number of hydrogen-bond acceptors (Lipinski definition) is 6. The SMILES string of the molecule is COc1ccc(Br)cc1NS(=O)(=O)c1ccnc(NN)c1. The fraction of sp³-hybridized carbons (Fsp3) is 0.0833. The smallest absolute Gasteiger partial charge is 0.262 e. The number of ether oxygens (including phenoxy) is 1. The third kappa shape index (κ3) is 3.63. The highest BCUT2D eigenvalue weighted by Crippen LogP contribution is 2.30. The van der Waals surface area contributed by atoms with Gasteiger partial charge >= 0.3 is 0 Å². The first-order chi connectivity index (χ1) is 9.96. The highest BCUT2D eigenvalue weighted by atomic mass is 79.9. The van der Waals surface area contributed by atoms with Gasteiger partial charge in [0.1, 0.15) is 11.6 Å². The van der Waals surface area contributed by atoms with Gasteiger partial charge in [0, 0.05) is 16.7 Å². The number of nitrogens with zero attached hydrogens (tertiary/aromatic N) is 1. The number of hydrazine groups is 1. The third-order valence-corrected chi connectivity index (χ3v) is 4.45. The fourth-order valence-electron chi connectivity index (χ4n) is 1.62. The topological polar surface area (TPSA) is 106 Å². The molecule has 0 spiro atoms. The van der Waals surface area contributed by atoms with E-state index in [1.54, 1.807) is 18.2 Å². The number of nitrogens with one attached hydrogen (secondary N) is 2. The summed E-state index contributed by atoms with van der Waals surface area (Å²) in [6.45, 7) is 0. The molecule has 0 saturated carbocycles. The molecular formula is C12H13BrN4O3S. The van der Waals surface area contributed by atoms with Crippen LogP contribution in [0.4, 0.5) is 11.5 Å². The molecule has 1 heterocycles. The number of nitrogen functional groups attached to an aromatic ring is 1. The van der Waals surface area contributed by atoms with Crippen molar-refractivity contribution in [2.75, 3.05) is 17.3 Å². The number of rotatable bonds is 5. The van der Waals surface area contributed by atoms with Crippen LogP contribution < -0.4 is 20.7 Å². The van der Waals surface area contributed by atoms with Gasteiger partial charge in [0.2, 0.25) is 0 Å². The third-order valence-electron chi connectivity index (χ3n) is 2.60. The van der Waals surface area contributed by atoms with E-state index in [-0.39, 0.29) is 10.7 Å². The number of benzene rings is 1. The van der Waals surface area contributed by atoms with Gasteiger partial charge in [0.25, 0.3) is 10.0 Å². The molecule has 0 atom stereocenters. The van der Waals surface area contributed by atoms with Crippen LogP contribution in [-0.4, -0.2) is 20.5 Å². The zero-order valence-electron chi connectivity index (χ0n) is 11.0. The Hall–Kier alpha value is -1.84. The van der Waals surface area contributed by atoms with Gasteiger partial charge in [-0.3, -0.25) is 4.72 Å². The average Bonchev–Trinajstić information content (AvgIpc) is 2.47. The van der Waals surface area contributed by atoms with Crippen LogP contribution >= 0.6 is 15.9 Å². The summed E-state index contributed by atoms with van der Waals surface area (Å²) in [4.78, 5) is 3.90. The number of anilines is 2. The highest BCUT2D eigenvalue weighted by Gasteiger charge is 2.17. The molecule has 0 unspecified atom stereocenters. The van der Waals surface area contributed by atoms with Crippen molar-refractivity contribution < 1.29 is 13.2 Å². The van der Waals surface area contributed by atoms with E-state index in [2.05, 4.69) is 31.1 Å². The number of halogens is 1. The number of pyridine rings is 1. The summed E-state index contributed by atoms with van der Waals surface area (Å²) in [6.07, 6.45) is 1.35. The Morgan fingerprint density at radius 2 is 2.05 bits per heavy atom. The molecule has 7 nitrogen and oxygen atoms in total. The Bertz CT molecular complexity index is 752. The van der Waals surface area contributed by atoms with Gasteiger partial charge in [-0.25, -0.2) is 19.2 Å². The molecule has 2 rings (SSSR count). The minimum Gasteiger partial charge on any atom is -0.495 e. The highest BCUT2D eigenvalue weighted by molar-refractivity contribution is 9.10. The molecule has 0 radical (unpaired) electrons. The van der Waals surface area contributed by atoms with Crippen LogP contribution in [0.15, 0.2) is 45.9 Å². The monoisotopic (exact) mass is 372 g/mol. The molecule has 0 saturated heterocycles. The van der Waals surface area contributed by atoms with Crippen LogP contribution in [0.25, 0.3) is 0 Å². The van der Waals surface area contributed by atoms with Gasteiger partial charge in [-0.1, -0.05) is 15.9 Å². The van der Waals surface area contributed by atoms with Crippen LogP contribution in [0.1, 0.15) is 0 Å². The van der Waals surface area contributed by atoms with Crippen molar-refractivity contribution in [2.45, 2.75) is 4.90 Å². The van der Waals surface area contributed by atoms with E-state index in [1.807, 2.05) is 0 Å². The maximum Gasteiger partial charge on any atom is 0.262 e. The molecule has 0 amide bonds. The second-order valence-electron chi connectivity index (χ2n) is 3.97. The van der Waals surface area contributed by atoms with Crippen LogP contribution in [0, 0.1) is 0 Å². The molecule has 112 valence electrons. The number of aromatic nitrogens is 1. The lowest BCUT2D eigenvalue weighted by atomic mass is 10.3. The summed E-state index contributed by atoms with van der Waals surface area (Å²) in [5.74, 6) is 5.89. The Morgan fingerprint density at radius 1 is 1.29 bits per heavy atom. The van der Waals surface area contributed by atoms with Crippen molar-refractivity contribution >= 4 is 37.5 Å². The molecule has 0 aliphatic rings. The second kappa shape index (κ2) is 6.29. The minimum atomic E-state index is -3.78. The predicted octanol–water partition coefficient (Wildman–Crippen LogP) is 1.94. The first kappa shape index (κ1) is 15.5. The van der Waals surface area contributed by atoms with E-state index in [4.69, 9.17) is 10.6 Å². The summed E-state index contributed by atoms with van der Waals surface area (Å²) in [5, 5.41) is 0. The largest absolute Gasteiger partial charge is 0.495 e. The minimum absolute atomic E-state index is 0.0347. The molecule has 2 aromatic rings. The zero-order chi connectivity index (χ0) is 15.5. The van der Waals surface area contributed by atoms with Crippen molar-refractivity contribution in [3.05, 3.63) is 41.0 Å². The molecule has 1 aromatic heterocycles. The summed E-state index contributed by atoms with van der Waals surface area (Å²) in [6, 6.07) is 7.71. The average molecular weight is 373 g/mol. The van der Waals surface area contributed by atoms with E-state index in [0.29, 0.717) is 11.4 Å². The van der Waals surface area contributed by atoms with Gasteiger partial charge < -0.3 is 10.2 Å². The van der Waals surface area contributed by atoms with Crippen LogP contribution in [0.5, 0.6) is 5.75 Å². The normalized spacial score (nSPS) is 11.0. The molecule has 9 heteroatoms. The maximum absolute atomic E-state index is 12.4. The van der Waals surface area contributed by atoms with E-state index < -0.39 is 10.0 Å². The van der Waals surface area contributed by atoms with E-state index >= 15 is 0 Å². The Balaban J connectivity index is 2.39. The summed E-state index contributed by atoms with van der Waals surface area (Å²) < 4.78 is 33.1. The molecule has 21 heavy (non-hydrogen) atoms. The first-order valence-corrected chi connectivity index (χ1v) is 8.03. The molecule has 0 bridgehead atoms. The Labute approximate surface area is 130 Å². The predicted molar refractivity (Wildman–Crippen MR) is 83.5 cm³/mol. The van der Waals surface area contributed by atoms with E-state index in [0.717, 1.165) is 4.47 Å². The number of nitrogens with two attached hydrogens (primary N) is 1. The van der Waals surface area contributed by atoms with Crippen LogP contribution in [0.2, 0.25) is 0 Å². The first-order valence-electron chi connectivity index (χ1n) is 5.75. The molecular weight excluding hydrogens is 360 g/mol. The van der Waals surface area contributed by atoms with Crippen molar-refractivity contribution in [3.8, 4) is 5.75 Å². The van der Waals surface area contributed by atoms with Crippen molar-refractivity contribution in [1.29, 1.82) is 0 Å². The van der Waals surface area contributed by atoms with Crippen LogP contribution in [0.3, 0.4) is 0 Å². The number of methoxy groups -OCH3 is 1. The molecule has 1 aromatic carbocycles. The summed E-state index contributed by atoms with van der Waals surface area (Å²) in [5.41, 5.74) is 2.62. The van der Waals surface area contributed by atoms with Gasteiger partial charge in [0.15, 0.2) is 0 Å². The molecule has 0 aliphatic heterocycles. The van der Waals surface area contributed by atoms with Crippen LogP contribution in [-0.2, 0) is 10.0 Å². The lowest BCUT2D eigenvalue weighted by Crippen LogP contribution is -2.15. The quantitative estimate of drug-likeness (QED) is 0.546. The fourth-order valence-corrected chi connectivity index (χ4v) is 3.06. The van der Waals surface area contributed by atoms with E-state index in [1.165, 1.54) is 25.4 Å². The summed E-state index contributed by atoms with van der Waals surface area (Å²) >= 11 is 3.29.